The Morgan fingerprint density at radius 2 is 0.596 bits per heavy atom. The topological polar surface area (TPSA) is 128 Å². The highest BCUT2D eigenvalue weighted by Gasteiger charge is 2.03. The molecule has 0 aromatic rings. The van der Waals surface area contributed by atoms with E-state index in [4.69, 9.17) is 56.8 Å². The molecule has 0 aromatic heterocycles. The van der Waals surface area contributed by atoms with Crippen LogP contribution in [0.2, 0.25) is 0 Å². The van der Waals surface area contributed by atoms with Gasteiger partial charge in [-0.2, -0.15) is 0 Å². The Morgan fingerprint density at radius 1 is 0.327 bits per heavy atom. The maximum atomic E-state index is 11.7. The van der Waals surface area contributed by atoms with Gasteiger partial charge in [-0.3, -0.25) is 4.79 Å². The van der Waals surface area contributed by atoms with E-state index >= 15 is 0 Å². The third-order valence-electron chi connectivity index (χ3n) is 7.37. The average molecular weight is 867 g/mol. The van der Waals surface area contributed by atoms with Crippen molar-refractivity contribution in [3.63, 3.8) is 0 Å². The number of ether oxygens (including phenoxy) is 12. The highest BCUT2D eigenvalue weighted by molar-refractivity contribution is 14.1. The summed E-state index contributed by atoms with van der Waals surface area (Å²) >= 11 is 2.42. The second-order valence-electron chi connectivity index (χ2n) is 11.9. The van der Waals surface area contributed by atoms with Crippen LogP contribution in [0.3, 0.4) is 0 Å². The predicted octanol–water partition coefficient (Wildman–Crippen LogP) is 5.85. The van der Waals surface area contributed by atoms with Crippen molar-refractivity contribution < 1.29 is 61.6 Å². The van der Waals surface area contributed by atoms with Crippen LogP contribution in [-0.4, -0.2) is 162 Å². The van der Waals surface area contributed by atoms with Crippen molar-refractivity contribution in [1.82, 2.24) is 0 Å². The molecule has 0 saturated carbocycles. The number of esters is 1. The van der Waals surface area contributed by atoms with Crippen LogP contribution in [0.5, 0.6) is 0 Å². The SMILES string of the molecule is CCCCCCCCCC(=O)OCCOCCOCCOCCOCCOCCOCCOCCOCCOCCOCCOCCCCCCI. The van der Waals surface area contributed by atoms with Gasteiger partial charge in [-0.15, -0.1) is 0 Å². The van der Waals surface area contributed by atoms with Crippen molar-refractivity contribution in [2.75, 3.05) is 156 Å². The van der Waals surface area contributed by atoms with Crippen molar-refractivity contribution in [2.24, 2.45) is 0 Å². The van der Waals surface area contributed by atoms with E-state index in [9.17, 15) is 4.79 Å². The maximum Gasteiger partial charge on any atom is 0.305 e. The van der Waals surface area contributed by atoms with Crippen LogP contribution in [0.1, 0.15) is 84.0 Å². The average Bonchev–Trinajstić information content (AvgIpc) is 3.15. The van der Waals surface area contributed by atoms with E-state index in [1.54, 1.807) is 0 Å². The van der Waals surface area contributed by atoms with Gasteiger partial charge in [-0.1, -0.05) is 80.9 Å². The van der Waals surface area contributed by atoms with Gasteiger partial charge in [0.2, 0.25) is 0 Å². The van der Waals surface area contributed by atoms with Gasteiger partial charge in [0.25, 0.3) is 0 Å². The molecule has 52 heavy (non-hydrogen) atoms. The van der Waals surface area contributed by atoms with E-state index in [2.05, 4.69) is 29.5 Å². The number of hydrogen-bond acceptors (Lipinski definition) is 13. The standard InChI is InChI=1S/C38H75IO13/c1-2-3-4-5-6-7-10-13-38(40)52-37-36-51-35-34-50-33-32-49-31-30-48-29-28-47-27-26-46-25-24-45-23-22-44-21-20-43-19-18-42-17-16-41-15-12-9-8-11-14-39/h2-37H2,1H3. The van der Waals surface area contributed by atoms with Crippen LogP contribution in [0.4, 0.5) is 0 Å². The summed E-state index contributed by atoms with van der Waals surface area (Å²) in [6, 6.07) is 0. The van der Waals surface area contributed by atoms with E-state index in [1.165, 1.54) is 55.8 Å². The van der Waals surface area contributed by atoms with Crippen molar-refractivity contribution in [2.45, 2.75) is 84.0 Å². The zero-order chi connectivity index (χ0) is 37.5. The molecule has 0 heterocycles. The lowest BCUT2D eigenvalue weighted by molar-refractivity contribution is -0.145. The summed E-state index contributed by atoms with van der Waals surface area (Å²) in [6.07, 6.45) is 13.8. The molecule has 0 N–H and O–H groups in total. The Bertz CT molecular complexity index is 666. The first-order valence-corrected chi connectivity index (χ1v) is 21.4. The first kappa shape index (κ1) is 51.8. The van der Waals surface area contributed by atoms with E-state index in [-0.39, 0.29) is 12.6 Å². The minimum absolute atomic E-state index is 0.139. The molecule has 14 heteroatoms. The first-order chi connectivity index (χ1) is 25.8. The van der Waals surface area contributed by atoms with Gasteiger partial charge in [0.15, 0.2) is 0 Å². The van der Waals surface area contributed by atoms with E-state index in [1.807, 2.05) is 0 Å². The number of unbranched alkanes of at least 4 members (excludes halogenated alkanes) is 9. The molecular weight excluding hydrogens is 791 g/mol. The molecule has 0 spiro atoms. The fraction of sp³-hybridized carbons (Fsp3) is 0.974. The predicted molar refractivity (Wildman–Crippen MR) is 210 cm³/mol. The summed E-state index contributed by atoms with van der Waals surface area (Å²) in [5.74, 6) is -0.139. The van der Waals surface area contributed by atoms with Crippen LogP contribution in [0.25, 0.3) is 0 Å². The van der Waals surface area contributed by atoms with Gasteiger partial charge in [0, 0.05) is 13.0 Å². The van der Waals surface area contributed by atoms with Gasteiger partial charge in [-0.25, -0.2) is 0 Å². The maximum absolute atomic E-state index is 11.7. The second-order valence-corrected chi connectivity index (χ2v) is 13.0. The number of halogens is 1. The van der Waals surface area contributed by atoms with Crippen molar-refractivity contribution >= 4 is 28.6 Å². The molecule has 0 radical (unpaired) electrons. The lowest BCUT2D eigenvalue weighted by Crippen LogP contribution is -2.15. The molecule has 0 unspecified atom stereocenters. The van der Waals surface area contributed by atoms with E-state index in [0.29, 0.717) is 145 Å². The summed E-state index contributed by atoms with van der Waals surface area (Å²) in [7, 11) is 0. The third-order valence-corrected chi connectivity index (χ3v) is 8.13. The molecule has 13 nitrogen and oxygen atoms in total. The number of rotatable bonds is 47. The Morgan fingerprint density at radius 3 is 0.942 bits per heavy atom. The molecule has 0 aliphatic rings. The Balaban J connectivity index is 3.09. The molecule has 0 atom stereocenters. The summed E-state index contributed by atoms with van der Waals surface area (Å²) in [6.45, 7) is 14.1. The normalized spacial score (nSPS) is 11.5. The van der Waals surface area contributed by atoms with Crippen molar-refractivity contribution in [3.8, 4) is 0 Å². The Hall–Kier alpha value is -0.240. The lowest BCUT2D eigenvalue weighted by atomic mass is 10.1. The van der Waals surface area contributed by atoms with Crippen LogP contribution in [-0.2, 0) is 61.6 Å². The Labute approximate surface area is 329 Å². The zero-order valence-electron chi connectivity index (χ0n) is 32.6. The van der Waals surface area contributed by atoms with E-state index in [0.717, 1.165) is 25.9 Å². The number of carbonyl (C=O) groups excluding carboxylic acids is 1. The van der Waals surface area contributed by atoms with Gasteiger partial charge in [-0.05, 0) is 23.7 Å². The fourth-order valence-corrected chi connectivity index (χ4v) is 5.01. The molecule has 0 aliphatic carbocycles. The van der Waals surface area contributed by atoms with Crippen LogP contribution >= 0.6 is 22.6 Å². The monoisotopic (exact) mass is 866 g/mol. The minimum atomic E-state index is -0.139. The highest BCUT2D eigenvalue weighted by atomic mass is 127. The summed E-state index contributed by atoms with van der Waals surface area (Å²) in [5.41, 5.74) is 0. The largest absolute Gasteiger partial charge is 0.463 e. The quantitative estimate of drug-likeness (QED) is 0.0315. The molecule has 0 rings (SSSR count). The molecule has 312 valence electrons. The third kappa shape index (κ3) is 47.8. The molecule has 0 amide bonds. The molecule has 0 aliphatic heterocycles. The summed E-state index contributed by atoms with van der Waals surface area (Å²) < 4.78 is 66.9. The van der Waals surface area contributed by atoms with Crippen molar-refractivity contribution in [1.29, 1.82) is 0 Å². The Kier molecular flexibility index (Phi) is 48.6. The van der Waals surface area contributed by atoms with Crippen LogP contribution < -0.4 is 0 Å². The minimum Gasteiger partial charge on any atom is -0.463 e. The lowest BCUT2D eigenvalue weighted by Gasteiger charge is -2.09. The van der Waals surface area contributed by atoms with E-state index < -0.39 is 0 Å². The smallest absolute Gasteiger partial charge is 0.305 e. The molecule has 0 saturated heterocycles. The highest BCUT2D eigenvalue weighted by Crippen LogP contribution is 2.09. The molecule has 0 bridgehead atoms. The number of carbonyl (C=O) groups is 1. The molecular formula is C38H75IO13. The summed E-state index contributed by atoms with van der Waals surface area (Å²) in [5, 5.41) is 0. The zero-order valence-corrected chi connectivity index (χ0v) is 34.8. The molecule has 0 aromatic carbocycles. The second kappa shape index (κ2) is 48.8. The van der Waals surface area contributed by atoms with Crippen LogP contribution in [0.15, 0.2) is 0 Å². The first-order valence-electron chi connectivity index (χ1n) is 19.9. The van der Waals surface area contributed by atoms with Crippen molar-refractivity contribution in [3.05, 3.63) is 0 Å². The van der Waals surface area contributed by atoms with Gasteiger partial charge in [0.1, 0.15) is 6.61 Å². The molecule has 0 fully saturated rings. The summed E-state index contributed by atoms with van der Waals surface area (Å²) in [4.78, 5) is 11.7. The van der Waals surface area contributed by atoms with Gasteiger partial charge in [0.05, 0.1) is 139 Å². The van der Waals surface area contributed by atoms with Gasteiger partial charge >= 0.3 is 5.97 Å². The fourth-order valence-electron chi connectivity index (χ4n) is 4.47. The number of alkyl halides is 1. The number of hydrogen-bond donors (Lipinski definition) is 0. The van der Waals surface area contributed by atoms with Gasteiger partial charge < -0.3 is 56.8 Å². The van der Waals surface area contributed by atoms with Crippen LogP contribution in [0, 0.1) is 0 Å².